The molecule has 0 bridgehead atoms. The van der Waals surface area contributed by atoms with Gasteiger partial charge in [-0.3, -0.25) is 0 Å². The van der Waals surface area contributed by atoms with E-state index in [0.29, 0.717) is 12.0 Å². The maximum atomic E-state index is 5.68. The van der Waals surface area contributed by atoms with E-state index < -0.39 is 0 Å². The van der Waals surface area contributed by atoms with Crippen molar-refractivity contribution in [2.45, 2.75) is 63.5 Å². The van der Waals surface area contributed by atoms with Crippen molar-refractivity contribution in [1.82, 2.24) is 9.97 Å². The summed E-state index contributed by atoms with van der Waals surface area (Å²) in [6.07, 6.45) is 7.69. The number of rotatable bonds is 4. The third kappa shape index (κ3) is 2.15. The summed E-state index contributed by atoms with van der Waals surface area (Å²) in [6.45, 7) is 4.09. The molecular weight excluding hydrogens is 252 g/mol. The Morgan fingerprint density at radius 3 is 2.70 bits per heavy atom. The molecular formula is C15H20N4O. The lowest BCUT2D eigenvalue weighted by Crippen LogP contribution is -2.24. The largest absolute Gasteiger partial charge is 0.384 e. The minimum atomic E-state index is -0.389. The van der Waals surface area contributed by atoms with Crippen molar-refractivity contribution in [2.24, 2.45) is 5.16 Å². The SMILES string of the molecule is CC1=NOC(C)(c2cnc(NC3CC3)nc2C2CC2)C1. The molecule has 0 amide bonds. The summed E-state index contributed by atoms with van der Waals surface area (Å²) in [7, 11) is 0. The van der Waals surface area contributed by atoms with Crippen molar-refractivity contribution < 1.29 is 4.84 Å². The zero-order valence-electron chi connectivity index (χ0n) is 12.0. The van der Waals surface area contributed by atoms with Gasteiger partial charge in [0.1, 0.15) is 0 Å². The fourth-order valence-electron chi connectivity index (χ4n) is 2.83. The smallest absolute Gasteiger partial charge is 0.223 e. The van der Waals surface area contributed by atoms with Crippen LogP contribution in [0.15, 0.2) is 11.4 Å². The quantitative estimate of drug-likeness (QED) is 0.915. The number of hydrogen-bond donors (Lipinski definition) is 1. The maximum absolute atomic E-state index is 5.68. The lowest BCUT2D eigenvalue weighted by atomic mass is 9.90. The molecule has 5 nitrogen and oxygen atoms in total. The molecule has 1 N–H and O–H groups in total. The predicted octanol–water partition coefficient (Wildman–Crippen LogP) is 2.94. The highest BCUT2D eigenvalue weighted by Gasteiger charge is 2.41. The zero-order valence-corrected chi connectivity index (χ0v) is 12.0. The zero-order chi connectivity index (χ0) is 13.7. The first-order valence-corrected chi connectivity index (χ1v) is 7.50. The maximum Gasteiger partial charge on any atom is 0.223 e. The van der Waals surface area contributed by atoms with Gasteiger partial charge < -0.3 is 10.2 Å². The molecule has 1 aromatic rings. The van der Waals surface area contributed by atoms with E-state index in [1.165, 1.54) is 25.7 Å². The standard InChI is InChI=1S/C15H20N4O/c1-9-7-15(2,20-19-9)12-8-16-14(17-11-5-6-11)18-13(12)10-3-4-10/h8,10-11H,3-7H2,1-2H3,(H,16,17,18). The molecule has 0 spiro atoms. The van der Waals surface area contributed by atoms with E-state index in [1.54, 1.807) is 0 Å². The van der Waals surface area contributed by atoms with Crippen LogP contribution in [0.1, 0.15) is 63.1 Å². The second kappa shape index (κ2) is 4.17. The molecule has 0 aromatic carbocycles. The van der Waals surface area contributed by atoms with E-state index in [9.17, 15) is 0 Å². The Hall–Kier alpha value is -1.65. The van der Waals surface area contributed by atoms with E-state index >= 15 is 0 Å². The van der Waals surface area contributed by atoms with E-state index in [-0.39, 0.29) is 5.60 Å². The summed E-state index contributed by atoms with van der Waals surface area (Å²) in [5.74, 6) is 1.35. The molecule has 106 valence electrons. The average molecular weight is 272 g/mol. The minimum absolute atomic E-state index is 0.389. The van der Waals surface area contributed by atoms with E-state index in [0.717, 1.165) is 29.3 Å². The summed E-state index contributed by atoms with van der Waals surface area (Å²) in [5, 5.41) is 7.50. The van der Waals surface area contributed by atoms with Gasteiger partial charge in [0.25, 0.3) is 0 Å². The van der Waals surface area contributed by atoms with Crippen LogP contribution in [-0.2, 0) is 10.4 Å². The van der Waals surface area contributed by atoms with Crippen molar-refractivity contribution in [3.05, 3.63) is 17.5 Å². The molecule has 2 saturated carbocycles. The van der Waals surface area contributed by atoms with Gasteiger partial charge in [0, 0.05) is 30.1 Å². The molecule has 2 aliphatic carbocycles. The number of nitrogens with zero attached hydrogens (tertiary/aromatic N) is 3. The number of hydrogen-bond acceptors (Lipinski definition) is 5. The van der Waals surface area contributed by atoms with Gasteiger partial charge >= 0.3 is 0 Å². The van der Waals surface area contributed by atoms with Crippen molar-refractivity contribution in [2.75, 3.05) is 5.32 Å². The topological polar surface area (TPSA) is 59.4 Å². The second-order valence-electron chi connectivity index (χ2n) is 6.51. The van der Waals surface area contributed by atoms with Crippen molar-refractivity contribution in [3.8, 4) is 0 Å². The average Bonchev–Trinajstić information content (AvgIpc) is 3.31. The Morgan fingerprint density at radius 2 is 2.10 bits per heavy atom. The number of aromatic nitrogens is 2. The monoisotopic (exact) mass is 272 g/mol. The fraction of sp³-hybridized carbons (Fsp3) is 0.667. The molecule has 1 aliphatic heterocycles. The molecule has 4 rings (SSSR count). The Morgan fingerprint density at radius 1 is 1.30 bits per heavy atom. The van der Waals surface area contributed by atoms with Crippen LogP contribution in [0.4, 0.5) is 5.95 Å². The lowest BCUT2D eigenvalue weighted by Gasteiger charge is -2.24. The molecule has 1 unspecified atom stereocenters. The van der Waals surface area contributed by atoms with Crippen LogP contribution in [0.5, 0.6) is 0 Å². The second-order valence-corrected chi connectivity index (χ2v) is 6.51. The van der Waals surface area contributed by atoms with E-state index in [4.69, 9.17) is 9.82 Å². The summed E-state index contributed by atoms with van der Waals surface area (Å²) in [6, 6.07) is 0.580. The molecule has 0 saturated heterocycles. The molecule has 5 heteroatoms. The molecule has 20 heavy (non-hydrogen) atoms. The van der Waals surface area contributed by atoms with Crippen LogP contribution >= 0.6 is 0 Å². The number of nitrogens with one attached hydrogen (secondary N) is 1. The van der Waals surface area contributed by atoms with Crippen LogP contribution in [0, 0.1) is 0 Å². The van der Waals surface area contributed by atoms with Gasteiger partial charge in [0.05, 0.1) is 11.4 Å². The normalized spacial score (nSPS) is 29.0. The minimum Gasteiger partial charge on any atom is -0.384 e. The van der Waals surface area contributed by atoms with Gasteiger partial charge in [-0.05, 0) is 39.5 Å². The molecule has 1 aromatic heterocycles. The van der Waals surface area contributed by atoms with Crippen LogP contribution in [0.3, 0.4) is 0 Å². The number of oxime groups is 1. The Balaban J connectivity index is 1.67. The van der Waals surface area contributed by atoms with Gasteiger partial charge in [-0.15, -0.1) is 0 Å². The Bertz CT molecular complexity index is 577. The summed E-state index contributed by atoms with van der Waals surface area (Å²) in [5.41, 5.74) is 2.92. The lowest BCUT2D eigenvalue weighted by molar-refractivity contribution is -0.00862. The van der Waals surface area contributed by atoms with Gasteiger partial charge in [0.2, 0.25) is 5.95 Å². The van der Waals surface area contributed by atoms with Crippen LogP contribution in [0.25, 0.3) is 0 Å². The first kappa shape index (κ1) is 12.1. The van der Waals surface area contributed by atoms with Gasteiger partial charge in [-0.25, -0.2) is 9.97 Å². The Kier molecular flexibility index (Phi) is 2.53. The molecule has 0 radical (unpaired) electrons. The van der Waals surface area contributed by atoms with Gasteiger partial charge in [0.15, 0.2) is 5.60 Å². The van der Waals surface area contributed by atoms with Crippen molar-refractivity contribution in [1.29, 1.82) is 0 Å². The first-order valence-electron chi connectivity index (χ1n) is 7.50. The fourth-order valence-corrected chi connectivity index (χ4v) is 2.83. The van der Waals surface area contributed by atoms with Crippen LogP contribution in [-0.4, -0.2) is 21.7 Å². The molecule has 3 aliphatic rings. The van der Waals surface area contributed by atoms with Crippen LogP contribution < -0.4 is 5.32 Å². The number of anilines is 1. The third-order valence-corrected chi connectivity index (χ3v) is 4.26. The van der Waals surface area contributed by atoms with Crippen molar-refractivity contribution in [3.63, 3.8) is 0 Å². The van der Waals surface area contributed by atoms with E-state index in [2.05, 4.69) is 22.4 Å². The first-order chi connectivity index (χ1) is 9.64. The highest BCUT2D eigenvalue weighted by Crippen LogP contribution is 2.46. The molecule has 1 atom stereocenters. The highest BCUT2D eigenvalue weighted by atomic mass is 16.7. The molecule has 2 heterocycles. The predicted molar refractivity (Wildman–Crippen MR) is 76.8 cm³/mol. The van der Waals surface area contributed by atoms with Crippen LogP contribution in [0.2, 0.25) is 0 Å². The van der Waals surface area contributed by atoms with E-state index in [1.807, 2.05) is 13.1 Å². The summed E-state index contributed by atoms with van der Waals surface area (Å²) in [4.78, 5) is 14.9. The van der Waals surface area contributed by atoms with Crippen molar-refractivity contribution >= 4 is 11.7 Å². The van der Waals surface area contributed by atoms with Gasteiger partial charge in [-0.1, -0.05) is 5.16 Å². The van der Waals surface area contributed by atoms with Gasteiger partial charge in [-0.2, -0.15) is 0 Å². The third-order valence-electron chi connectivity index (χ3n) is 4.26. The highest BCUT2D eigenvalue weighted by molar-refractivity contribution is 5.83. The summed E-state index contributed by atoms with van der Waals surface area (Å²) >= 11 is 0. The Labute approximate surface area is 118 Å². The summed E-state index contributed by atoms with van der Waals surface area (Å²) < 4.78 is 0. The molecule has 2 fully saturated rings.